The van der Waals surface area contributed by atoms with Crippen molar-refractivity contribution in [2.75, 3.05) is 31.6 Å². The van der Waals surface area contributed by atoms with Gasteiger partial charge < -0.3 is 24.7 Å². The Kier molecular flexibility index (Phi) is 4.79. The van der Waals surface area contributed by atoms with Crippen molar-refractivity contribution in [2.24, 2.45) is 11.3 Å². The molecular weight excluding hydrogens is 436 g/mol. The SMILES string of the molecule is O=C1COc2ccc(C(=O)N3CCC4(CC3)CC4CNC(=O)c3cc4ccncc4o3)cc2N1. The topological polar surface area (TPSA) is 114 Å². The molecule has 0 bridgehead atoms. The fourth-order valence-electron chi connectivity index (χ4n) is 5.19. The van der Waals surface area contributed by atoms with Crippen LogP contribution in [-0.2, 0) is 4.79 Å². The van der Waals surface area contributed by atoms with E-state index in [1.54, 1.807) is 36.7 Å². The maximum Gasteiger partial charge on any atom is 0.287 e. The first-order valence-electron chi connectivity index (χ1n) is 11.5. The van der Waals surface area contributed by atoms with Crippen molar-refractivity contribution in [1.29, 1.82) is 0 Å². The van der Waals surface area contributed by atoms with E-state index in [2.05, 4.69) is 15.6 Å². The molecule has 1 aromatic carbocycles. The Bertz CT molecular complexity index is 1270. The molecule has 1 atom stereocenters. The molecule has 3 aromatic rings. The van der Waals surface area contributed by atoms with Crippen molar-refractivity contribution >= 4 is 34.4 Å². The Morgan fingerprint density at radius 3 is 2.88 bits per heavy atom. The molecule has 2 fully saturated rings. The normalized spacial score (nSPS) is 20.4. The van der Waals surface area contributed by atoms with Crippen molar-refractivity contribution in [3.05, 3.63) is 54.0 Å². The highest BCUT2D eigenvalue weighted by Crippen LogP contribution is 2.59. The number of anilines is 1. The number of pyridine rings is 1. The molecule has 6 rings (SSSR count). The van der Waals surface area contributed by atoms with Gasteiger partial charge >= 0.3 is 0 Å². The quantitative estimate of drug-likeness (QED) is 0.619. The predicted octanol–water partition coefficient (Wildman–Crippen LogP) is 2.83. The lowest BCUT2D eigenvalue weighted by atomic mass is 9.90. The van der Waals surface area contributed by atoms with E-state index < -0.39 is 0 Å². The number of likely N-dealkylation sites (tertiary alicyclic amines) is 1. The zero-order valence-corrected chi connectivity index (χ0v) is 18.5. The highest BCUT2D eigenvalue weighted by Gasteiger charge is 2.54. The lowest BCUT2D eigenvalue weighted by Gasteiger charge is -2.33. The Hall–Kier alpha value is -3.88. The largest absolute Gasteiger partial charge is 0.482 e. The molecule has 2 aromatic heterocycles. The average Bonchev–Trinajstić information content (AvgIpc) is 3.33. The molecule has 3 amide bonds. The first-order chi connectivity index (χ1) is 16.5. The van der Waals surface area contributed by atoms with Crippen LogP contribution in [-0.4, -0.2) is 53.8 Å². The molecule has 1 saturated carbocycles. The van der Waals surface area contributed by atoms with Gasteiger partial charge in [0, 0.05) is 36.8 Å². The number of fused-ring (bicyclic) bond motifs is 2. The summed E-state index contributed by atoms with van der Waals surface area (Å²) in [6.45, 7) is 1.96. The number of nitrogens with one attached hydrogen (secondary N) is 2. The molecule has 0 radical (unpaired) electrons. The van der Waals surface area contributed by atoms with Crippen LogP contribution in [0.5, 0.6) is 5.75 Å². The highest BCUT2D eigenvalue weighted by atomic mass is 16.5. The fourth-order valence-corrected chi connectivity index (χ4v) is 5.19. The number of carbonyl (C=O) groups excluding carboxylic acids is 3. The minimum atomic E-state index is -0.221. The second-order valence-corrected chi connectivity index (χ2v) is 9.34. The molecule has 9 heteroatoms. The number of carbonyl (C=O) groups is 3. The lowest BCUT2D eigenvalue weighted by molar-refractivity contribution is -0.118. The molecular formula is C25H24N4O5. The Labute approximate surface area is 195 Å². The van der Waals surface area contributed by atoms with Crippen molar-refractivity contribution in [3.63, 3.8) is 0 Å². The van der Waals surface area contributed by atoms with E-state index in [-0.39, 0.29) is 29.7 Å². The Morgan fingerprint density at radius 2 is 2.06 bits per heavy atom. The molecule has 174 valence electrons. The van der Waals surface area contributed by atoms with Crippen molar-refractivity contribution in [2.45, 2.75) is 19.3 Å². The van der Waals surface area contributed by atoms with Gasteiger partial charge in [-0.15, -0.1) is 0 Å². The number of furan rings is 1. The van der Waals surface area contributed by atoms with Crippen LogP contribution in [0.1, 0.15) is 40.2 Å². The van der Waals surface area contributed by atoms with E-state index in [0.717, 1.165) is 24.6 Å². The van der Waals surface area contributed by atoms with E-state index in [4.69, 9.17) is 9.15 Å². The van der Waals surface area contributed by atoms with Crippen LogP contribution in [0.2, 0.25) is 0 Å². The van der Waals surface area contributed by atoms with Crippen LogP contribution in [0.25, 0.3) is 11.0 Å². The third kappa shape index (κ3) is 3.67. The van der Waals surface area contributed by atoms with Crippen LogP contribution < -0.4 is 15.4 Å². The monoisotopic (exact) mass is 460 g/mol. The third-order valence-corrected chi connectivity index (χ3v) is 7.32. The predicted molar refractivity (Wildman–Crippen MR) is 123 cm³/mol. The van der Waals surface area contributed by atoms with Crippen LogP contribution in [0, 0.1) is 11.3 Å². The maximum atomic E-state index is 13.0. The summed E-state index contributed by atoms with van der Waals surface area (Å²) in [4.78, 5) is 43.0. The Morgan fingerprint density at radius 1 is 1.21 bits per heavy atom. The molecule has 2 N–H and O–H groups in total. The first-order valence-corrected chi connectivity index (χ1v) is 11.5. The molecule has 34 heavy (non-hydrogen) atoms. The number of hydrogen-bond acceptors (Lipinski definition) is 6. The van der Waals surface area contributed by atoms with E-state index >= 15 is 0 Å². The number of rotatable bonds is 4. The summed E-state index contributed by atoms with van der Waals surface area (Å²) >= 11 is 0. The summed E-state index contributed by atoms with van der Waals surface area (Å²) < 4.78 is 11.0. The number of ether oxygens (including phenoxy) is 1. The summed E-state index contributed by atoms with van der Waals surface area (Å²) in [6, 6.07) is 8.70. The molecule has 1 unspecified atom stereocenters. The van der Waals surface area contributed by atoms with E-state index in [0.29, 0.717) is 53.9 Å². The van der Waals surface area contributed by atoms with Gasteiger partial charge in [0.05, 0.1) is 11.9 Å². The van der Waals surface area contributed by atoms with Crippen LogP contribution in [0.15, 0.2) is 47.1 Å². The minimum absolute atomic E-state index is 0.00806. The minimum Gasteiger partial charge on any atom is -0.482 e. The second-order valence-electron chi connectivity index (χ2n) is 9.34. The number of nitrogens with zero attached hydrogens (tertiary/aromatic N) is 2. The van der Waals surface area contributed by atoms with Gasteiger partial charge in [0.1, 0.15) is 5.75 Å². The van der Waals surface area contributed by atoms with Crippen LogP contribution in [0.3, 0.4) is 0 Å². The molecule has 3 aliphatic rings. The zero-order valence-electron chi connectivity index (χ0n) is 18.5. The van der Waals surface area contributed by atoms with Gasteiger partial charge in [0.15, 0.2) is 18.0 Å². The molecule has 1 saturated heterocycles. The number of aromatic nitrogens is 1. The van der Waals surface area contributed by atoms with Crippen LogP contribution in [0.4, 0.5) is 5.69 Å². The lowest BCUT2D eigenvalue weighted by Crippen LogP contribution is -2.40. The number of benzene rings is 1. The smallest absolute Gasteiger partial charge is 0.287 e. The molecule has 1 spiro atoms. The zero-order chi connectivity index (χ0) is 23.3. The van der Waals surface area contributed by atoms with Gasteiger partial charge in [-0.3, -0.25) is 19.4 Å². The molecule has 2 aliphatic heterocycles. The Balaban J connectivity index is 1.03. The highest BCUT2D eigenvalue weighted by molar-refractivity contribution is 6.00. The summed E-state index contributed by atoms with van der Waals surface area (Å²) in [6.07, 6.45) is 6.16. The standard InChI is InChI=1S/C25H24N4O5/c30-22-14-33-19-2-1-16(9-18(19)28-22)24(32)29-7-4-25(5-8-29)11-17(25)12-27-23(31)20-10-15-3-6-26-13-21(15)34-20/h1-3,6,9-10,13,17H,4-5,7-8,11-12,14H2,(H,27,31)(H,28,30). The number of amides is 3. The summed E-state index contributed by atoms with van der Waals surface area (Å²) in [5.41, 5.74) is 1.87. The summed E-state index contributed by atoms with van der Waals surface area (Å²) in [5.74, 6) is 0.814. The second kappa shape index (κ2) is 7.86. The summed E-state index contributed by atoms with van der Waals surface area (Å²) in [7, 11) is 0. The summed E-state index contributed by atoms with van der Waals surface area (Å²) in [5, 5.41) is 6.61. The molecule has 4 heterocycles. The first kappa shape index (κ1) is 20.7. The van der Waals surface area contributed by atoms with Gasteiger partial charge in [-0.1, -0.05) is 0 Å². The van der Waals surface area contributed by atoms with Gasteiger partial charge in [0.2, 0.25) is 0 Å². The molecule has 1 aliphatic carbocycles. The van der Waals surface area contributed by atoms with E-state index in [1.807, 2.05) is 11.0 Å². The maximum absolute atomic E-state index is 13.0. The third-order valence-electron chi connectivity index (χ3n) is 7.32. The van der Waals surface area contributed by atoms with Gasteiger partial charge in [0.25, 0.3) is 17.7 Å². The molecule has 9 nitrogen and oxygen atoms in total. The van der Waals surface area contributed by atoms with Crippen LogP contribution >= 0.6 is 0 Å². The average molecular weight is 460 g/mol. The van der Waals surface area contributed by atoms with Crippen molar-refractivity contribution in [1.82, 2.24) is 15.2 Å². The van der Waals surface area contributed by atoms with Gasteiger partial charge in [-0.25, -0.2) is 0 Å². The van der Waals surface area contributed by atoms with Gasteiger partial charge in [-0.05, 0) is 60.9 Å². The van der Waals surface area contributed by atoms with Gasteiger partial charge in [-0.2, -0.15) is 0 Å². The van der Waals surface area contributed by atoms with E-state index in [9.17, 15) is 14.4 Å². The number of hydrogen-bond donors (Lipinski definition) is 2. The van der Waals surface area contributed by atoms with E-state index in [1.165, 1.54) is 0 Å². The number of piperidine rings is 1. The van der Waals surface area contributed by atoms with Crippen molar-refractivity contribution in [3.8, 4) is 5.75 Å². The van der Waals surface area contributed by atoms with Crippen molar-refractivity contribution < 1.29 is 23.5 Å². The fraction of sp³-hybridized carbons (Fsp3) is 0.360.